The average Bonchev–Trinajstić information content (AvgIpc) is 3.08. The van der Waals surface area contributed by atoms with Gasteiger partial charge in [-0.1, -0.05) is 41.9 Å². The van der Waals surface area contributed by atoms with Gasteiger partial charge in [0.15, 0.2) is 5.82 Å². The predicted molar refractivity (Wildman–Crippen MR) is 77.0 cm³/mol. The Morgan fingerprint density at radius 1 is 1.14 bits per heavy atom. The molecule has 2 aliphatic carbocycles. The molecule has 1 aromatic heterocycles. The van der Waals surface area contributed by atoms with E-state index in [4.69, 9.17) is 4.52 Å². The summed E-state index contributed by atoms with van der Waals surface area (Å²) in [6.45, 7) is 0. The maximum absolute atomic E-state index is 11.9. The number of carbonyl (C=O) groups excluding carboxylic acids is 1. The molecule has 1 heterocycles. The first-order valence-corrected chi connectivity index (χ1v) is 7.72. The minimum Gasteiger partial charge on any atom is -0.339 e. The summed E-state index contributed by atoms with van der Waals surface area (Å²) in [4.78, 5) is 16.5. The Kier molecular flexibility index (Phi) is 2.91. The van der Waals surface area contributed by atoms with Crippen LogP contribution in [0, 0.1) is 0 Å². The van der Waals surface area contributed by atoms with Gasteiger partial charge in [0.2, 0.25) is 5.89 Å². The molecule has 0 N–H and O–H groups in total. The zero-order chi connectivity index (χ0) is 14.3. The molecular weight excluding hydrogens is 264 g/mol. The minimum absolute atomic E-state index is 0.106. The summed E-state index contributed by atoms with van der Waals surface area (Å²) in [5.74, 6) is 1.36. The van der Waals surface area contributed by atoms with Gasteiger partial charge in [0, 0.05) is 6.42 Å². The van der Waals surface area contributed by atoms with Crippen LogP contribution in [0.15, 0.2) is 34.9 Å². The first-order valence-electron chi connectivity index (χ1n) is 7.72. The lowest BCUT2D eigenvalue weighted by Gasteiger charge is -2.39. The molecule has 4 rings (SSSR count). The summed E-state index contributed by atoms with van der Waals surface area (Å²) < 4.78 is 5.44. The summed E-state index contributed by atoms with van der Waals surface area (Å²) in [5.41, 5.74) is 1.14. The fourth-order valence-corrected chi connectivity index (χ4v) is 3.58. The van der Waals surface area contributed by atoms with Crippen LogP contribution in [0.2, 0.25) is 0 Å². The lowest BCUT2D eigenvalue weighted by Crippen LogP contribution is -2.36. The molecule has 0 spiro atoms. The van der Waals surface area contributed by atoms with Crippen molar-refractivity contribution in [3.63, 3.8) is 0 Å². The highest BCUT2D eigenvalue weighted by molar-refractivity contribution is 5.86. The second kappa shape index (κ2) is 4.79. The van der Waals surface area contributed by atoms with E-state index in [1.165, 1.54) is 12.0 Å². The molecule has 21 heavy (non-hydrogen) atoms. The van der Waals surface area contributed by atoms with Crippen molar-refractivity contribution in [2.24, 2.45) is 0 Å². The average molecular weight is 282 g/mol. The van der Waals surface area contributed by atoms with E-state index in [0.29, 0.717) is 12.3 Å². The normalized spacial score (nSPS) is 24.0. The van der Waals surface area contributed by atoms with E-state index in [9.17, 15) is 4.79 Å². The molecule has 0 aliphatic heterocycles. The highest BCUT2D eigenvalue weighted by atomic mass is 16.5. The van der Waals surface area contributed by atoms with E-state index in [0.717, 1.165) is 31.5 Å². The van der Waals surface area contributed by atoms with Gasteiger partial charge in [0.25, 0.3) is 0 Å². The molecule has 4 nitrogen and oxygen atoms in total. The van der Waals surface area contributed by atoms with E-state index in [1.807, 2.05) is 6.07 Å². The number of Topliss-reactive ketones (excluding diaryl/α,β-unsaturated/α-hetero) is 1. The number of aromatic nitrogens is 2. The van der Waals surface area contributed by atoms with Crippen LogP contribution in [0.25, 0.3) is 0 Å². The lowest BCUT2D eigenvalue weighted by atomic mass is 9.64. The second-order valence-electron chi connectivity index (χ2n) is 6.17. The maximum atomic E-state index is 11.9. The number of rotatable bonds is 3. The number of nitrogens with zero attached hydrogens (tertiary/aromatic N) is 2. The molecule has 0 amide bonds. The number of benzene rings is 1. The molecule has 108 valence electrons. The number of ketones is 1. The van der Waals surface area contributed by atoms with Gasteiger partial charge in [-0.2, -0.15) is 4.98 Å². The molecule has 0 radical (unpaired) electrons. The zero-order valence-corrected chi connectivity index (χ0v) is 11.9. The Labute approximate surface area is 123 Å². The quantitative estimate of drug-likeness (QED) is 0.866. The fraction of sp³-hybridized carbons (Fsp3) is 0.471. The van der Waals surface area contributed by atoms with Crippen molar-refractivity contribution in [3.05, 3.63) is 47.6 Å². The van der Waals surface area contributed by atoms with Crippen molar-refractivity contribution in [1.82, 2.24) is 10.1 Å². The summed E-state index contributed by atoms with van der Waals surface area (Å²) in [6, 6.07) is 10.4. The molecule has 4 heteroatoms. The molecule has 1 unspecified atom stereocenters. The minimum atomic E-state index is -0.167. The van der Waals surface area contributed by atoms with Crippen LogP contribution in [-0.4, -0.2) is 15.9 Å². The Morgan fingerprint density at radius 2 is 1.95 bits per heavy atom. The third kappa shape index (κ3) is 1.93. The van der Waals surface area contributed by atoms with E-state index in [-0.39, 0.29) is 17.1 Å². The van der Waals surface area contributed by atoms with Crippen LogP contribution in [0.4, 0.5) is 0 Å². The maximum Gasteiger partial charge on any atom is 0.237 e. The Balaban J connectivity index is 1.69. The molecule has 0 bridgehead atoms. The summed E-state index contributed by atoms with van der Waals surface area (Å²) in [5, 5.41) is 4.23. The SMILES string of the molecule is O=C1CCCC1c1nc(C2(c3ccccc3)CCC2)no1. The summed E-state index contributed by atoms with van der Waals surface area (Å²) in [6.07, 6.45) is 5.71. The highest BCUT2D eigenvalue weighted by Gasteiger charge is 2.45. The molecule has 1 atom stereocenters. The first kappa shape index (κ1) is 12.7. The van der Waals surface area contributed by atoms with Gasteiger partial charge >= 0.3 is 0 Å². The molecular formula is C17H18N2O2. The van der Waals surface area contributed by atoms with Gasteiger partial charge in [-0.3, -0.25) is 4.79 Å². The van der Waals surface area contributed by atoms with Gasteiger partial charge < -0.3 is 4.52 Å². The van der Waals surface area contributed by atoms with Crippen molar-refractivity contribution in [3.8, 4) is 0 Å². The van der Waals surface area contributed by atoms with Crippen LogP contribution in [0.3, 0.4) is 0 Å². The van der Waals surface area contributed by atoms with Crippen LogP contribution >= 0.6 is 0 Å². The van der Waals surface area contributed by atoms with Gasteiger partial charge in [0.05, 0.1) is 11.3 Å². The predicted octanol–water partition coefficient (Wildman–Crippen LogP) is 3.38. The monoisotopic (exact) mass is 282 g/mol. The van der Waals surface area contributed by atoms with E-state index >= 15 is 0 Å². The number of carbonyl (C=O) groups is 1. The zero-order valence-electron chi connectivity index (χ0n) is 11.9. The van der Waals surface area contributed by atoms with Gasteiger partial charge in [-0.05, 0) is 31.2 Å². The number of hydrogen-bond donors (Lipinski definition) is 0. The van der Waals surface area contributed by atoms with Gasteiger partial charge in [0.1, 0.15) is 5.78 Å². The lowest BCUT2D eigenvalue weighted by molar-refractivity contribution is -0.119. The van der Waals surface area contributed by atoms with Crippen molar-refractivity contribution < 1.29 is 9.32 Å². The Hall–Kier alpha value is -1.97. The number of hydrogen-bond acceptors (Lipinski definition) is 4. The van der Waals surface area contributed by atoms with Crippen molar-refractivity contribution in [1.29, 1.82) is 0 Å². The molecule has 2 aliphatic rings. The second-order valence-corrected chi connectivity index (χ2v) is 6.17. The third-order valence-corrected chi connectivity index (χ3v) is 5.01. The van der Waals surface area contributed by atoms with Crippen LogP contribution in [0.1, 0.15) is 61.7 Å². The van der Waals surface area contributed by atoms with E-state index in [1.54, 1.807) is 0 Å². The highest BCUT2D eigenvalue weighted by Crippen LogP contribution is 2.48. The molecule has 0 saturated heterocycles. The van der Waals surface area contributed by atoms with Crippen molar-refractivity contribution in [2.75, 3.05) is 0 Å². The largest absolute Gasteiger partial charge is 0.339 e. The smallest absolute Gasteiger partial charge is 0.237 e. The standard InChI is InChI=1S/C17H18N2O2/c20-14-9-4-8-13(14)15-18-16(19-21-15)17(10-5-11-17)12-6-2-1-3-7-12/h1-3,6-7,13H,4-5,8-11H2. The topological polar surface area (TPSA) is 56.0 Å². The van der Waals surface area contributed by atoms with Crippen LogP contribution in [0.5, 0.6) is 0 Å². The molecule has 2 aromatic rings. The summed E-state index contributed by atoms with van der Waals surface area (Å²) >= 11 is 0. The molecule has 2 saturated carbocycles. The van der Waals surface area contributed by atoms with E-state index < -0.39 is 0 Å². The first-order chi connectivity index (χ1) is 10.3. The molecule has 2 fully saturated rings. The van der Waals surface area contributed by atoms with Gasteiger partial charge in [-0.15, -0.1) is 0 Å². The Bertz CT molecular complexity index is 658. The van der Waals surface area contributed by atoms with Crippen LogP contribution < -0.4 is 0 Å². The Morgan fingerprint density at radius 3 is 2.57 bits per heavy atom. The van der Waals surface area contributed by atoms with Gasteiger partial charge in [-0.25, -0.2) is 0 Å². The van der Waals surface area contributed by atoms with E-state index in [2.05, 4.69) is 34.4 Å². The summed E-state index contributed by atoms with van der Waals surface area (Å²) in [7, 11) is 0. The third-order valence-electron chi connectivity index (χ3n) is 5.01. The molecule has 1 aromatic carbocycles. The fourth-order valence-electron chi connectivity index (χ4n) is 3.58. The van der Waals surface area contributed by atoms with Crippen molar-refractivity contribution >= 4 is 5.78 Å². The van der Waals surface area contributed by atoms with Crippen molar-refractivity contribution in [2.45, 2.75) is 49.9 Å². The van der Waals surface area contributed by atoms with Crippen LogP contribution in [-0.2, 0) is 10.2 Å².